The third-order valence-electron chi connectivity index (χ3n) is 2.16. The number of anilines is 1. The predicted octanol–water partition coefficient (Wildman–Crippen LogP) is 3.31. The fourth-order valence-corrected chi connectivity index (χ4v) is 1.56. The highest BCUT2D eigenvalue weighted by molar-refractivity contribution is 7.80. The van der Waals surface area contributed by atoms with Crippen LogP contribution in [0, 0.1) is 0 Å². The summed E-state index contributed by atoms with van der Waals surface area (Å²) in [6, 6.07) is 15.3. The standard InChI is InChI=1S/C13H12N2S/c14-11-5-3-6-12(8-11)15-9-10-4-1-2-7-13(10)16/h1-9,16H,14H2. The SMILES string of the molecule is Nc1cccc(N=Cc2ccccc2S)c1. The van der Waals surface area contributed by atoms with Gasteiger partial charge in [0.15, 0.2) is 0 Å². The highest BCUT2D eigenvalue weighted by Crippen LogP contribution is 2.16. The fourth-order valence-electron chi connectivity index (χ4n) is 1.35. The number of nitrogens with two attached hydrogens (primary N) is 1. The summed E-state index contributed by atoms with van der Waals surface area (Å²) in [4.78, 5) is 5.26. The molecule has 0 saturated carbocycles. The molecule has 2 N–H and O–H groups in total. The van der Waals surface area contributed by atoms with Gasteiger partial charge >= 0.3 is 0 Å². The number of nitrogen functional groups attached to an aromatic ring is 1. The van der Waals surface area contributed by atoms with E-state index in [9.17, 15) is 0 Å². The van der Waals surface area contributed by atoms with Crippen LogP contribution in [0.25, 0.3) is 0 Å². The molecule has 0 saturated heterocycles. The summed E-state index contributed by atoms with van der Waals surface area (Å²) in [6.07, 6.45) is 1.79. The van der Waals surface area contributed by atoms with Crippen molar-refractivity contribution in [1.82, 2.24) is 0 Å². The van der Waals surface area contributed by atoms with Gasteiger partial charge in [0.2, 0.25) is 0 Å². The monoisotopic (exact) mass is 228 g/mol. The van der Waals surface area contributed by atoms with Crippen LogP contribution < -0.4 is 5.73 Å². The summed E-state index contributed by atoms with van der Waals surface area (Å²) in [5, 5.41) is 0. The number of hydrogen-bond donors (Lipinski definition) is 2. The molecule has 3 heteroatoms. The maximum atomic E-state index is 5.67. The van der Waals surface area contributed by atoms with E-state index in [0.29, 0.717) is 5.69 Å². The smallest absolute Gasteiger partial charge is 0.0650 e. The summed E-state index contributed by atoms with van der Waals surface area (Å²) in [6.45, 7) is 0. The lowest BCUT2D eigenvalue weighted by atomic mass is 10.2. The molecule has 2 rings (SSSR count). The summed E-state index contributed by atoms with van der Waals surface area (Å²) in [5.74, 6) is 0. The van der Waals surface area contributed by atoms with E-state index in [1.165, 1.54) is 0 Å². The van der Waals surface area contributed by atoms with Gasteiger partial charge in [-0.25, -0.2) is 0 Å². The van der Waals surface area contributed by atoms with E-state index in [0.717, 1.165) is 16.1 Å². The highest BCUT2D eigenvalue weighted by Gasteiger charge is 1.93. The van der Waals surface area contributed by atoms with Crippen LogP contribution >= 0.6 is 12.6 Å². The van der Waals surface area contributed by atoms with E-state index in [-0.39, 0.29) is 0 Å². The Balaban J connectivity index is 2.25. The number of hydrogen-bond acceptors (Lipinski definition) is 3. The van der Waals surface area contributed by atoms with Crippen LogP contribution in [-0.4, -0.2) is 6.21 Å². The van der Waals surface area contributed by atoms with Gasteiger partial charge in [-0.3, -0.25) is 4.99 Å². The largest absolute Gasteiger partial charge is 0.399 e. The van der Waals surface area contributed by atoms with Crippen molar-refractivity contribution in [3.63, 3.8) is 0 Å². The first-order valence-corrected chi connectivity index (χ1v) is 5.38. The van der Waals surface area contributed by atoms with Gasteiger partial charge in [-0.15, -0.1) is 12.6 Å². The molecule has 0 aliphatic heterocycles. The molecule has 0 unspecified atom stereocenters. The Morgan fingerprint density at radius 2 is 1.88 bits per heavy atom. The minimum atomic E-state index is 0.716. The van der Waals surface area contributed by atoms with Crippen molar-refractivity contribution in [3.05, 3.63) is 54.1 Å². The Morgan fingerprint density at radius 3 is 2.62 bits per heavy atom. The van der Waals surface area contributed by atoms with Gasteiger partial charge in [0, 0.05) is 22.4 Å². The number of thiol groups is 1. The molecule has 2 aromatic rings. The van der Waals surface area contributed by atoms with Crippen molar-refractivity contribution in [3.8, 4) is 0 Å². The average Bonchev–Trinajstić information content (AvgIpc) is 2.28. The second kappa shape index (κ2) is 4.86. The molecule has 0 fully saturated rings. The first-order chi connectivity index (χ1) is 7.75. The summed E-state index contributed by atoms with van der Waals surface area (Å²) in [5.41, 5.74) is 8.22. The highest BCUT2D eigenvalue weighted by atomic mass is 32.1. The summed E-state index contributed by atoms with van der Waals surface area (Å²) in [7, 11) is 0. The second-order valence-corrected chi connectivity index (χ2v) is 3.89. The Labute approximate surface area is 100 Å². The van der Waals surface area contributed by atoms with Crippen LogP contribution in [0.15, 0.2) is 58.4 Å². The maximum Gasteiger partial charge on any atom is 0.0650 e. The molecular weight excluding hydrogens is 216 g/mol. The average molecular weight is 228 g/mol. The molecule has 0 atom stereocenters. The van der Waals surface area contributed by atoms with E-state index in [1.54, 1.807) is 6.21 Å². The third-order valence-corrected chi connectivity index (χ3v) is 2.57. The first-order valence-electron chi connectivity index (χ1n) is 4.93. The van der Waals surface area contributed by atoms with Crippen molar-refractivity contribution >= 4 is 30.2 Å². The second-order valence-electron chi connectivity index (χ2n) is 3.41. The Bertz CT molecular complexity index is 521. The minimum absolute atomic E-state index is 0.716. The zero-order chi connectivity index (χ0) is 11.4. The lowest BCUT2D eigenvalue weighted by molar-refractivity contribution is 1.43. The van der Waals surface area contributed by atoms with Gasteiger partial charge in [0.25, 0.3) is 0 Å². The Hall–Kier alpha value is -1.74. The molecule has 2 nitrogen and oxygen atoms in total. The van der Waals surface area contributed by atoms with E-state index < -0.39 is 0 Å². The van der Waals surface area contributed by atoms with Crippen molar-refractivity contribution in [2.24, 2.45) is 4.99 Å². The zero-order valence-corrected chi connectivity index (χ0v) is 9.56. The van der Waals surface area contributed by atoms with Gasteiger partial charge in [0.05, 0.1) is 5.69 Å². The van der Waals surface area contributed by atoms with Crippen LogP contribution in [0.3, 0.4) is 0 Å². The first kappa shape index (κ1) is 10.8. The van der Waals surface area contributed by atoms with Crippen molar-refractivity contribution in [1.29, 1.82) is 0 Å². The Kier molecular flexibility index (Phi) is 3.27. The summed E-state index contributed by atoms with van der Waals surface area (Å²) >= 11 is 4.35. The van der Waals surface area contributed by atoms with Crippen molar-refractivity contribution in [2.75, 3.05) is 5.73 Å². The molecule has 0 aromatic heterocycles. The van der Waals surface area contributed by atoms with E-state index in [1.807, 2.05) is 48.5 Å². The molecule has 2 aromatic carbocycles. The minimum Gasteiger partial charge on any atom is -0.399 e. The maximum absolute atomic E-state index is 5.67. The summed E-state index contributed by atoms with van der Waals surface area (Å²) < 4.78 is 0. The molecule has 16 heavy (non-hydrogen) atoms. The fraction of sp³-hybridized carbons (Fsp3) is 0. The van der Waals surface area contributed by atoms with Gasteiger partial charge in [0.1, 0.15) is 0 Å². The normalized spacial score (nSPS) is 10.8. The van der Waals surface area contributed by atoms with Crippen LogP contribution in [0.1, 0.15) is 5.56 Å². The van der Waals surface area contributed by atoms with Crippen LogP contribution in [0.5, 0.6) is 0 Å². The molecule has 0 aliphatic carbocycles. The molecule has 0 heterocycles. The van der Waals surface area contributed by atoms with E-state index in [2.05, 4.69) is 17.6 Å². The van der Waals surface area contributed by atoms with Gasteiger partial charge < -0.3 is 5.73 Å². The van der Waals surface area contributed by atoms with Crippen LogP contribution in [0.2, 0.25) is 0 Å². The van der Waals surface area contributed by atoms with Gasteiger partial charge in [-0.1, -0.05) is 24.3 Å². The molecule has 0 aliphatic rings. The number of nitrogens with zero attached hydrogens (tertiary/aromatic N) is 1. The lowest BCUT2D eigenvalue weighted by Crippen LogP contribution is -1.84. The molecule has 80 valence electrons. The lowest BCUT2D eigenvalue weighted by Gasteiger charge is -1.98. The number of aliphatic imine (C=N–C) groups is 1. The zero-order valence-electron chi connectivity index (χ0n) is 8.67. The van der Waals surface area contributed by atoms with E-state index >= 15 is 0 Å². The third kappa shape index (κ3) is 2.64. The van der Waals surface area contributed by atoms with Gasteiger partial charge in [-0.2, -0.15) is 0 Å². The predicted molar refractivity (Wildman–Crippen MR) is 71.8 cm³/mol. The Morgan fingerprint density at radius 1 is 1.06 bits per heavy atom. The van der Waals surface area contributed by atoms with E-state index in [4.69, 9.17) is 5.73 Å². The number of rotatable bonds is 2. The molecule has 0 radical (unpaired) electrons. The molecule has 0 bridgehead atoms. The van der Waals surface area contributed by atoms with Gasteiger partial charge in [-0.05, 0) is 24.3 Å². The van der Waals surface area contributed by atoms with Crippen LogP contribution in [-0.2, 0) is 0 Å². The van der Waals surface area contributed by atoms with Crippen molar-refractivity contribution in [2.45, 2.75) is 4.90 Å². The molecule has 0 amide bonds. The topological polar surface area (TPSA) is 38.4 Å². The quantitative estimate of drug-likeness (QED) is 0.462. The molecule has 0 spiro atoms. The van der Waals surface area contributed by atoms with Crippen molar-refractivity contribution < 1.29 is 0 Å². The number of benzene rings is 2. The van der Waals surface area contributed by atoms with Crippen LogP contribution in [0.4, 0.5) is 11.4 Å². The molecular formula is C13H12N2S.